The Morgan fingerprint density at radius 3 is 2.33 bits per heavy atom. The van der Waals surface area contributed by atoms with Gasteiger partial charge in [-0.15, -0.1) is 0 Å². The molecule has 142 valence electrons. The molecule has 0 aliphatic rings. The van der Waals surface area contributed by atoms with Crippen LogP contribution in [0, 0.1) is 0 Å². The normalized spacial score (nSPS) is 9.85. The van der Waals surface area contributed by atoms with E-state index in [2.05, 4.69) is 48.0 Å². The fourth-order valence-corrected chi connectivity index (χ4v) is 3.08. The van der Waals surface area contributed by atoms with Crippen LogP contribution < -0.4 is 25.6 Å². The first kappa shape index (κ1) is 21.1. The maximum Gasteiger partial charge on any atom is 0.276 e. The average molecular weight is 517 g/mol. The Morgan fingerprint density at radius 2 is 1.63 bits per heavy atom. The SMILES string of the molecule is O=C(COc1ccc(Br)cc1Br)NNC(=S)NC(=O)COc1ccccc1. The summed E-state index contributed by atoms with van der Waals surface area (Å²) in [6.45, 7) is -0.443. The first-order valence-corrected chi connectivity index (χ1v) is 9.58. The maximum atomic E-state index is 11.8. The van der Waals surface area contributed by atoms with Gasteiger partial charge >= 0.3 is 0 Å². The summed E-state index contributed by atoms with van der Waals surface area (Å²) in [7, 11) is 0. The van der Waals surface area contributed by atoms with Crippen molar-refractivity contribution in [3.63, 3.8) is 0 Å². The summed E-state index contributed by atoms with van der Waals surface area (Å²) < 4.78 is 12.3. The monoisotopic (exact) mass is 515 g/mol. The lowest BCUT2D eigenvalue weighted by Crippen LogP contribution is -2.50. The number of carbonyl (C=O) groups is 2. The smallest absolute Gasteiger partial charge is 0.276 e. The van der Waals surface area contributed by atoms with Crippen molar-refractivity contribution in [3.8, 4) is 11.5 Å². The van der Waals surface area contributed by atoms with Crippen LogP contribution in [0.15, 0.2) is 57.5 Å². The van der Waals surface area contributed by atoms with Crippen molar-refractivity contribution in [2.24, 2.45) is 0 Å². The minimum absolute atomic E-state index is 0.0603. The van der Waals surface area contributed by atoms with Crippen LogP contribution in [0.4, 0.5) is 0 Å². The number of hydrazine groups is 1. The van der Waals surface area contributed by atoms with Gasteiger partial charge in [0.2, 0.25) is 0 Å². The molecule has 7 nitrogen and oxygen atoms in total. The highest BCUT2D eigenvalue weighted by molar-refractivity contribution is 9.11. The van der Waals surface area contributed by atoms with Gasteiger partial charge in [-0.05, 0) is 58.5 Å². The van der Waals surface area contributed by atoms with Gasteiger partial charge in [0.05, 0.1) is 4.47 Å². The molecule has 0 aliphatic carbocycles. The van der Waals surface area contributed by atoms with Gasteiger partial charge in [0, 0.05) is 4.47 Å². The summed E-state index contributed by atoms with van der Waals surface area (Å²) in [4.78, 5) is 23.5. The Bertz CT molecular complexity index is 821. The number of benzene rings is 2. The molecule has 2 amide bonds. The third kappa shape index (κ3) is 7.94. The number of nitrogens with one attached hydrogen (secondary N) is 3. The van der Waals surface area contributed by atoms with Crippen LogP contribution in [0.3, 0.4) is 0 Å². The predicted molar refractivity (Wildman–Crippen MR) is 111 cm³/mol. The Kier molecular flexibility index (Phi) is 8.49. The van der Waals surface area contributed by atoms with E-state index in [1.165, 1.54) is 0 Å². The third-order valence-corrected chi connectivity index (χ3v) is 4.25. The number of halogens is 2. The van der Waals surface area contributed by atoms with Crippen LogP contribution in [0.5, 0.6) is 11.5 Å². The molecule has 0 heterocycles. The van der Waals surface area contributed by atoms with E-state index in [4.69, 9.17) is 21.7 Å². The highest BCUT2D eigenvalue weighted by Gasteiger charge is 2.09. The first-order chi connectivity index (χ1) is 12.9. The van der Waals surface area contributed by atoms with Gasteiger partial charge in [0.1, 0.15) is 11.5 Å². The molecular formula is C17H15Br2N3O4S. The van der Waals surface area contributed by atoms with Crippen LogP contribution in [-0.4, -0.2) is 30.1 Å². The fraction of sp³-hybridized carbons (Fsp3) is 0.118. The number of rotatable bonds is 6. The van der Waals surface area contributed by atoms with E-state index in [1.807, 2.05) is 6.07 Å². The second-order valence-electron chi connectivity index (χ2n) is 5.02. The lowest BCUT2D eigenvalue weighted by molar-refractivity contribution is -0.124. The zero-order valence-electron chi connectivity index (χ0n) is 13.8. The second kappa shape index (κ2) is 10.9. The number of carbonyl (C=O) groups excluding carboxylic acids is 2. The molecule has 0 spiro atoms. The van der Waals surface area contributed by atoms with Crippen molar-refractivity contribution < 1.29 is 19.1 Å². The van der Waals surface area contributed by atoms with E-state index in [0.717, 1.165) is 4.47 Å². The van der Waals surface area contributed by atoms with Crippen molar-refractivity contribution in [1.82, 2.24) is 16.2 Å². The number of amides is 2. The highest BCUT2D eigenvalue weighted by Crippen LogP contribution is 2.27. The van der Waals surface area contributed by atoms with Crippen molar-refractivity contribution in [3.05, 3.63) is 57.5 Å². The van der Waals surface area contributed by atoms with E-state index in [1.54, 1.807) is 42.5 Å². The van der Waals surface area contributed by atoms with Gasteiger partial charge < -0.3 is 9.47 Å². The minimum Gasteiger partial charge on any atom is -0.484 e. The van der Waals surface area contributed by atoms with E-state index in [0.29, 0.717) is 16.0 Å². The lowest BCUT2D eigenvalue weighted by Gasteiger charge is -2.12. The van der Waals surface area contributed by atoms with Gasteiger partial charge in [0.15, 0.2) is 18.3 Å². The molecule has 0 saturated heterocycles. The van der Waals surface area contributed by atoms with Crippen LogP contribution in [-0.2, 0) is 9.59 Å². The molecule has 0 atom stereocenters. The number of ether oxygens (including phenoxy) is 2. The molecule has 0 saturated carbocycles. The molecule has 0 bridgehead atoms. The largest absolute Gasteiger partial charge is 0.484 e. The molecule has 3 N–H and O–H groups in total. The number of hydrogen-bond acceptors (Lipinski definition) is 5. The molecular weight excluding hydrogens is 502 g/mol. The summed E-state index contributed by atoms with van der Waals surface area (Å²) >= 11 is 11.6. The summed E-state index contributed by atoms with van der Waals surface area (Å²) in [5.41, 5.74) is 4.74. The van der Waals surface area contributed by atoms with E-state index >= 15 is 0 Å². The zero-order chi connectivity index (χ0) is 19.6. The molecule has 2 rings (SSSR count). The van der Waals surface area contributed by atoms with Gasteiger partial charge in [0.25, 0.3) is 11.8 Å². The average Bonchev–Trinajstić information content (AvgIpc) is 2.65. The van der Waals surface area contributed by atoms with Gasteiger partial charge in [-0.3, -0.25) is 25.8 Å². The molecule has 0 radical (unpaired) electrons. The van der Waals surface area contributed by atoms with E-state index < -0.39 is 11.8 Å². The molecule has 0 aliphatic heterocycles. The Hall–Kier alpha value is -2.17. The lowest BCUT2D eigenvalue weighted by atomic mass is 10.3. The zero-order valence-corrected chi connectivity index (χ0v) is 17.8. The minimum atomic E-state index is -0.470. The van der Waals surface area contributed by atoms with Gasteiger partial charge in [-0.1, -0.05) is 34.1 Å². The quantitative estimate of drug-likeness (QED) is 0.404. The molecule has 27 heavy (non-hydrogen) atoms. The standard InChI is InChI=1S/C17H15Br2N3O4S/c18-11-6-7-14(13(19)8-11)26-10-16(24)21-22-17(27)20-15(23)9-25-12-4-2-1-3-5-12/h1-8H,9-10H2,(H,21,24)(H2,20,22,23,27). The van der Waals surface area contributed by atoms with Gasteiger partial charge in [-0.25, -0.2) is 0 Å². The van der Waals surface area contributed by atoms with E-state index in [9.17, 15) is 9.59 Å². The van der Waals surface area contributed by atoms with Crippen molar-refractivity contribution in [2.45, 2.75) is 0 Å². The fourth-order valence-electron chi connectivity index (χ4n) is 1.76. The summed E-state index contributed by atoms with van der Waals surface area (Å²) in [5, 5.41) is 2.32. The number of para-hydroxylation sites is 1. The number of thiocarbonyl (C=S) groups is 1. The summed E-state index contributed by atoms with van der Waals surface area (Å²) in [6, 6.07) is 14.2. The molecule has 0 aromatic heterocycles. The topological polar surface area (TPSA) is 88.7 Å². The Morgan fingerprint density at radius 1 is 0.926 bits per heavy atom. The van der Waals surface area contributed by atoms with Crippen LogP contribution in [0.2, 0.25) is 0 Å². The summed E-state index contributed by atoms with van der Waals surface area (Å²) in [6.07, 6.45) is 0. The third-order valence-electron chi connectivity index (χ3n) is 2.93. The predicted octanol–water partition coefficient (Wildman–Crippen LogP) is 2.69. The second-order valence-corrected chi connectivity index (χ2v) is 7.19. The Labute approximate surface area is 178 Å². The maximum absolute atomic E-state index is 11.8. The van der Waals surface area contributed by atoms with Crippen LogP contribution in [0.1, 0.15) is 0 Å². The molecule has 0 fully saturated rings. The van der Waals surface area contributed by atoms with Crippen molar-refractivity contribution >= 4 is 61.0 Å². The van der Waals surface area contributed by atoms with Crippen molar-refractivity contribution in [1.29, 1.82) is 0 Å². The molecule has 0 unspecified atom stereocenters. The number of hydrogen-bond donors (Lipinski definition) is 3. The van der Waals surface area contributed by atoms with Crippen LogP contribution >= 0.6 is 44.1 Å². The van der Waals surface area contributed by atoms with Crippen LogP contribution in [0.25, 0.3) is 0 Å². The highest BCUT2D eigenvalue weighted by atomic mass is 79.9. The van der Waals surface area contributed by atoms with Gasteiger partial charge in [-0.2, -0.15) is 0 Å². The van der Waals surface area contributed by atoms with Crippen molar-refractivity contribution in [2.75, 3.05) is 13.2 Å². The molecule has 2 aromatic carbocycles. The Balaban J connectivity index is 1.65. The molecule has 2 aromatic rings. The molecule has 10 heteroatoms. The first-order valence-electron chi connectivity index (χ1n) is 7.58. The summed E-state index contributed by atoms with van der Waals surface area (Å²) in [5.74, 6) is 0.154. The van der Waals surface area contributed by atoms with E-state index in [-0.39, 0.29) is 18.3 Å².